The first-order chi connectivity index (χ1) is 8.58. The van der Waals surface area contributed by atoms with Crippen LogP contribution >= 0.6 is 0 Å². The monoisotopic (exact) mass is 247 g/mol. The van der Waals surface area contributed by atoms with Crippen molar-refractivity contribution in [1.29, 1.82) is 0 Å². The molecule has 0 unspecified atom stereocenters. The van der Waals surface area contributed by atoms with Gasteiger partial charge in [0.2, 0.25) is 5.91 Å². The predicted octanol–water partition coefficient (Wildman–Crippen LogP) is 1.37. The number of carbonyl (C=O) groups is 2. The lowest BCUT2D eigenvalue weighted by Crippen LogP contribution is -2.28. The third kappa shape index (κ3) is 3.09. The number of carbonyl (C=O) groups excluding carboxylic acids is 1. The largest absolute Gasteiger partial charge is 0.481 e. The molecular formula is C14H17NO3. The van der Waals surface area contributed by atoms with Crippen molar-refractivity contribution >= 4 is 11.9 Å². The van der Waals surface area contributed by atoms with Crippen LogP contribution in [0.5, 0.6) is 0 Å². The van der Waals surface area contributed by atoms with E-state index in [-0.39, 0.29) is 11.8 Å². The first-order valence-electron chi connectivity index (χ1n) is 6.14. The van der Waals surface area contributed by atoms with Crippen LogP contribution in [0.3, 0.4) is 0 Å². The molecule has 2 N–H and O–H groups in total. The number of aryl methyl sites for hydroxylation is 1. The standard InChI is InChI=1S/C14H17NO3/c1-9-2-4-10(5-3-9)6-7-15-13(16)11-8-12(11)14(17)18/h2-5,11-12H,6-8H2,1H3,(H,15,16)(H,17,18)/t11-,12-/m1/s1. The van der Waals surface area contributed by atoms with Crippen LogP contribution < -0.4 is 5.32 Å². The molecule has 96 valence electrons. The first kappa shape index (κ1) is 12.6. The number of carboxylic acids is 1. The highest BCUT2D eigenvalue weighted by Gasteiger charge is 2.48. The minimum absolute atomic E-state index is 0.130. The van der Waals surface area contributed by atoms with Gasteiger partial charge in [0.05, 0.1) is 11.8 Å². The summed E-state index contributed by atoms with van der Waals surface area (Å²) in [4.78, 5) is 22.2. The van der Waals surface area contributed by atoms with Crippen molar-refractivity contribution in [1.82, 2.24) is 5.32 Å². The van der Waals surface area contributed by atoms with E-state index < -0.39 is 11.9 Å². The number of rotatable bonds is 5. The third-order valence-corrected chi connectivity index (χ3v) is 3.28. The van der Waals surface area contributed by atoms with Crippen LogP contribution in [0.2, 0.25) is 0 Å². The maximum atomic E-state index is 11.6. The zero-order chi connectivity index (χ0) is 13.1. The van der Waals surface area contributed by atoms with Gasteiger partial charge in [0, 0.05) is 6.54 Å². The van der Waals surface area contributed by atoms with Crippen LogP contribution in [0.1, 0.15) is 17.5 Å². The molecule has 0 spiro atoms. The van der Waals surface area contributed by atoms with Gasteiger partial charge >= 0.3 is 5.97 Å². The van der Waals surface area contributed by atoms with Gasteiger partial charge in [-0.25, -0.2) is 0 Å². The molecule has 2 atom stereocenters. The summed E-state index contributed by atoms with van der Waals surface area (Å²) in [7, 11) is 0. The maximum absolute atomic E-state index is 11.6. The fraction of sp³-hybridized carbons (Fsp3) is 0.429. The zero-order valence-corrected chi connectivity index (χ0v) is 10.3. The molecule has 0 radical (unpaired) electrons. The number of nitrogens with one attached hydrogen (secondary N) is 1. The van der Waals surface area contributed by atoms with Crippen LogP contribution in [0.4, 0.5) is 0 Å². The van der Waals surface area contributed by atoms with E-state index in [1.807, 2.05) is 31.2 Å². The van der Waals surface area contributed by atoms with E-state index in [1.165, 1.54) is 11.1 Å². The fourth-order valence-electron chi connectivity index (χ4n) is 1.97. The van der Waals surface area contributed by atoms with Gasteiger partial charge in [0.15, 0.2) is 0 Å². The number of aliphatic carboxylic acids is 1. The molecule has 1 amide bonds. The second kappa shape index (κ2) is 5.21. The molecule has 1 aromatic carbocycles. The Morgan fingerprint density at radius 2 is 1.94 bits per heavy atom. The molecule has 1 aliphatic rings. The van der Waals surface area contributed by atoms with E-state index in [1.54, 1.807) is 0 Å². The molecule has 2 rings (SSSR count). The van der Waals surface area contributed by atoms with E-state index in [2.05, 4.69) is 5.32 Å². The highest BCUT2D eigenvalue weighted by molar-refractivity contribution is 5.89. The van der Waals surface area contributed by atoms with Crippen molar-refractivity contribution in [3.63, 3.8) is 0 Å². The molecule has 0 aromatic heterocycles. The van der Waals surface area contributed by atoms with Gasteiger partial charge in [-0.2, -0.15) is 0 Å². The number of carboxylic acid groups (broad SMARTS) is 1. The average Bonchev–Trinajstić information content (AvgIpc) is 3.11. The van der Waals surface area contributed by atoms with E-state index in [9.17, 15) is 9.59 Å². The van der Waals surface area contributed by atoms with Crippen LogP contribution in [-0.2, 0) is 16.0 Å². The quantitative estimate of drug-likeness (QED) is 0.826. The molecule has 0 saturated heterocycles. The van der Waals surface area contributed by atoms with E-state index in [0.717, 1.165) is 6.42 Å². The summed E-state index contributed by atoms with van der Waals surface area (Å²) in [6, 6.07) is 8.16. The Morgan fingerprint density at radius 3 is 2.50 bits per heavy atom. The smallest absolute Gasteiger partial charge is 0.307 e. The molecule has 18 heavy (non-hydrogen) atoms. The topological polar surface area (TPSA) is 66.4 Å². The minimum Gasteiger partial charge on any atom is -0.481 e. The normalized spacial score (nSPS) is 21.4. The highest BCUT2D eigenvalue weighted by Crippen LogP contribution is 2.38. The lowest BCUT2D eigenvalue weighted by molar-refractivity contribution is -0.140. The molecule has 1 saturated carbocycles. The predicted molar refractivity (Wildman–Crippen MR) is 67.1 cm³/mol. The number of benzene rings is 1. The molecular weight excluding hydrogens is 230 g/mol. The second-order valence-corrected chi connectivity index (χ2v) is 4.81. The minimum atomic E-state index is -0.867. The van der Waals surface area contributed by atoms with Crippen molar-refractivity contribution in [2.45, 2.75) is 19.8 Å². The number of hydrogen-bond donors (Lipinski definition) is 2. The Kier molecular flexibility index (Phi) is 3.65. The van der Waals surface area contributed by atoms with Crippen molar-refractivity contribution in [3.8, 4) is 0 Å². The van der Waals surface area contributed by atoms with E-state index in [4.69, 9.17) is 5.11 Å². The van der Waals surface area contributed by atoms with Gasteiger partial charge in [0.1, 0.15) is 0 Å². The Balaban J connectivity index is 1.71. The highest BCUT2D eigenvalue weighted by atomic mass is 16.4. The molecule has 4 heteroatoms. The SMILES string of the molecule is Cc1ccc(CCNC(=O)[C@@H]2C[C@H]2C(=O)O)cc1. The van der Waals surface area contributed by atoms with Crippen LogP contribution in [0, 0.1) is 18.8 Å². The van der Waals surface area contributed by atoms with Crippen molar-refractivity contribution in [2.75, 3.05) is 6.54 Å². The van der Waals surface area contributed by atoms with Crippen molar-refractivity contribution < 1.29 is 14.7 Å². The molecule has 1 aliphatic carbocycles. The van der Waals surface area contributed by atoms with E-state index in [0.29, 0.717) is 13.0 Å². The molecule has 1 aromatic rings. The Hall–Kier alpha value is -1.84. The molecule has 0 aliphatic heterocycles. The summed E-state index contributed by atoms with van der Waals surface area (Å²) in [6.07, 6.45) is 1.25. The Bertz CT molecular complexity index is 453. The van der Waals surface area contributed by atoms with Crippen LogP contribution in [-0.4, -0.2) is 23.5 Å². The lowest BCUT2D eigenvalue weighted by atomic mass is 10.1. The molecule has 4 nitrogen and oxygen atoms in total. The van der Waals surface area contributed by atoms with Crippen LogP contribution in [0.25, 0.3) is 0 Å². The van der Waals surface area contributed by atoms with Gasteiger partial charge in [-0.15, -0.1) is 0 Å². The summed E-state index contributed by atoms with van der Waals surface area (Å²) in [5.41, 5.74) is 2.39. The fourth-order valence-corrected chi connectivity index (χ4v) is 1.97. The Morgan fingerprint density at radius 1 is 1.28 bits per heavy atom. The molecule has 1 fully saturated rings. The summed E-state index contributed by atoms with van der Waals surface area (Å²) >= 11 is 0. The van der Waals surface area contributed by atoms with Gasteiger partial charge < -0.3 is 10.4 Å². The number of hydrogen-bond acceptors (Lipinski definition) is 2. The van der Waals surface area contributed by atoms with Gasteiger partial charge in [0.25, 0.3) is 0 Å². The summed E-state index contributed by atoms with van der Waals surface area (Å²) < 4.78 is 0. The summed E-state index contributed by atoms with van der Waals surface area (Å²) in [6.45, 7) is 2.59. The van der Waals surface area contributed by atoms with Crippen molar-refractivity contribution in [3.05, 3.63) is 35.4 Å². The lowest BCUT2D eigenvalue weighted by Gasteiger charge is -2.05. The zero-order valence-electron chi connectivity index (χ0n) is 10.3. The van der Waals surface area contributed by atoms with Crippen LogP contribution in [0.15, 0.2) is 24.3 Å². The van der Waals surface area contributed by atoms with Crippen molar-refractivity contribution in [2.24, 2.45) is 11.8 Å². The summed E-state index contributed by atoms with van der Waals surface area (Å²) in [5, 5.41) is 11.5. The first-order valence-corrected chi connectivity index (χ1v) is 6.14. The maximum Gasteiger partial charge on any atom is 0.307 e. The van der Waals surface area contributed by atoms with Gasteiger partial charge in [-0.3, -0.25) is 9.59 Å². The van der Waals surface area contributed by atoms with Gasteiger partial charge in [-0.1, -0.05) is 29.8 Å². The Labute approximate surface area is 106 Å². The molecule has 0 heterocycles. The number of amides is 1. The molecule has 0 bridgehead atoms. The summed E-state index contributed by atoms with van der Waals surface area (Å²) in [5.74, 6) is -1.78. The third-order valence-electron chi connectivity index (χ3n) is 3.28. The van der Waals surface area contributed by atoms with E-state index >= 15 is 0 Å². The second-order valence-electron chi connectivity index (χ2n) is 4.81. The van der Waals surface area contributed by atoms with Gasteiger partial charge in [-0.05, 0) is 25.3 Å². The average molecular weight is 247 g/mol.